The molecular formula is C19H17Cl2NO6. The van der Waals surface area contributed by atoms with Crippen molar-refractivity contribution in [3.05, 3.63) is 73.1 Å². The predicted molar refractivity (Wildman–Crippen MR) is 102 cm³/mol. The summed E-state index contributed by atoms with van der Waals surface area (Å²) in [6.07, 6.45) is -0.430. The van der Waals surface area contributed by atoms with Crippen LogP contribution in [0.3, 0.4) is 0 Å². The van der Waals surface area contributed by atoms with Crippen molar-refractivity contribution in [2.24, 2.45) is 5.73 Å². The third-order valence-corrected chi connectivity index (χ3v) is 4.85. The van der Waals surface area contributed by atoms with Crippen molar-refractivity contribution in [2.75, 3.05) is 0 Å². The van der Waals surface area contributed by atoms with E-state index in [2.05, 4.69) is 0 Å². The highest BCUT2D eigenvalue weighted by Crippen LogP contribution is 2.45. The first-order valence-electron chi connectivity index (χ1n) is 8.34. The van der Waals surface area contributed by atoms with Crippen LogP contribution in [0.25, 0.3) is 0 Å². The molecular weight excluding hydrogens is 409 g/mol. The number of hydrogen-bond donors (Lipinski definition) is 2. The molecule has 1 aromatic heterocycles. The van der Waals surface area contributed by atoms with Crippen LogP contribution in [0, 0.1) is 0 Å². The van der Waals surface area contributed by atoms with Gasteiger partial charge in [-0.2, -0.15) is 0 Å². The molecule has 1 aromatic carbocycles. The number of carbonyl (C=O) groups is 1. The van der Waals surface area contributed by atoms with Gasteiger partial charge < -0.3 is 24.7 Å². The fraction of sp³-hybridized carbons (Fsp3) is 0.263. The van der Waals surface area contributed by atoms with E-state index in [1.54, 1.807) is 32.0 Å². The molecule has 0 saturated heterocycles. The van der Waals surface area contributed by atoms with Gasteiger partial charge in [0.25, 0.3) is 0 Å². The van der Waals surface area contributed by atoms with Crippen LogP contribution < -0.4 is 15.9 Å². The molecule has 0 aliphatic carbocycles. The number of aliphatic hydroxyl groups is 1. The zero-order valence-corrected chi connectivity index (χ0v) is 16.5. The molecule has 0 unspecified atom stereocenters. The summed E-state index contributed by atoms with van der Waals surface area (Å²) in [6, 6.07) is 5.91. The second-order valence-corrected chi connectivity index (χ2v) is 7.12. The van der Waals surface area contributed by atoms with Gasteiger partial charge in [-0.1, -0.05) is 35.3 Å². The molecule has 0 amide bonds. The van der Waals surface area contributed by atoms with Gasteiger partial charge >= 0.3 is 5.97 Å². The van der Waals surface area contributed by atoms with E-state index in [4.69, 9.17) is 42.8 Å². The van der Waals surface area contributed by atoms with Crippen molar-refractivity contribution in [1.82, 2.24) is 0 Å². The van der Waals surface area contributed by atoms with E-state index in [9.17, 15) is 14.7 Å². The van der Waals surface area contributed by atoms with Crippen molar-refractivity contribution in [2.45, 2.75) is 32.5 Å². The summed E-state index contributed by atoms with van der Waals surface area (Å²) < 4.78 is 16.3. The van der Waals surface area contributed by atoms with Crippen molar-refractivity contribution in [1.29, 1.82) is 0 Å². The Morgan fingerprint density at radius 1 is 1.36 bits per heavy atom. The zero-order chi connectivity index (χ0) is 20.6. The monoisotopic (exact) mass is 425 g/mol. The Balaban J connectivity index is 2.31. The average Bonchev–Trinajstić information content (AvgIpc) is 2.63. The number of nitrogens with two attached hydrogens (primary N) is 1. The van der Waals surface area contributed by atoms with Crippen LogP contribution >= 0.6 is 23.2 Å². The molecule has 28 heavy (non-hydrogen) atoms. The fourth-order valence-electron chi connectivity index (χ4n) is 2.89. The van der Waals surface area contributed by atoms with Crippen molar-refractivity contribution in [3.8, 4) is 5.75 Å². The third-order valence-electron chi connectivity index (χ3n) is 4.02. The molecule has 1 atom stereocenters. The molecule has 1 aliphatic rings. The standard InChI is InChI=1S/C19H17Cl2NO6/c1-8(2)26-19(25)14-13(10-4-3-5-11(20)15(10)21)17-16(28-18(14)22)12(24)6-9(7-23)27-17/h3-6,8,13,23H,7,22H2,1-2H3/t13-/m0/s1. The Labute approximate surface area is 170 Å². The number of aliphatic hydroxyl groups excluding tert-OH is 1. The predicted octanol–water partition coefficient (Wildman–Crippen LogP) is 3.09. The summed E-state index contributed by atoms with van der Waals surface area (Å²) in [4.78, 5) is 25.2. The lowest BCUT2D eigenvalue weighted by Gasteiger charge is -2.28. The summed E-state index contributed by atoms with van der Waals surface area (Å²) in [7, 11) is 0. The Kier molecular flexibility index (Phi) is 5.69. The third kappa shape index (κ3) is 3.61. The normalized spacial score (nSPS) is 16.0. The topological polar surface area (TPSA) is 112 Å². The number of ether oxygens (including phenoxy) is 2. The fourth-order valence-corrected chi connectivity index (χ4v) is 3.31. The average molecular weight is 426 g/mol. The van der Waals surface area contributed by atoms with Crippen molar-refractivity contribution in [3.63, 3.8) is 0 Å². The van der Waals surface area contributed by atoms with E-state index >= 15 is 0 Å². The van der Waals surface area contributed by atoms with Gasteiger partial charge in [-0.15, -0.1) is 0 Å². The second kappa shape index (κ2) is 7.87. The van der Waals surface area contributed by atoms with Crippen LogP contribution in [0.5, 0.6) is 5.75 Å². The van der Waals surface area contributed by atoms with E-state index in [1.165, 1.54) is 0 Å². The number of esters is 1. The molecule has 9 heteroatoms. The van der Waals surface area contributed by atoms with E-state index in [1.807, 2.05) is 0 Å². The number of hydrogen-bond acceptors (Lipinski definition) is 7. The minimum atomic E-state index is -1.01. The van der Waals surface area contributed by atoms with Crippen LogP contribution in [0.4, 0.5) is 0 Å². The summed E-state index contributed by atoms with van der Waals surface area (Å²) >= 11 is 12.5. The molecule has 148 valence electrons. The number of halogens is 2. The lowest BCUT2D eigenvalue weighted by atomic mass is 9.86. The van der Waals surface area contributed by atoms with Crippen LogP contribution in [-0.4, -0.2) is 17.2 Å². The molecule has 3 rings (SSSR count). The van der Waals surface area contributed by atoms with Crippen LogP contribution in [0.1, 0.15) is 36.8 Å². The first-order valence-corrected chi connectivity index (χ1v) is 9.10. The highest BCUT2D eigenvalue weighted by atomic mass is 35.5. The number of fused-ring (bicyclic) bond motifs is 1. The minimum Gasteiger partial charge on any atom is -0.459 e. The molecule has 1 aliphatic heterocycles. The molecule has 3 N–H and O–H groups in total. The molecule has 7 nitrogen and oxygen atoms in total. The second-order valence-electron chi connectivity index (χ2n) is 6.34. The minimum absolute atomic E-state index is 0.00690. The van der Waals surface area contributed by atoms with Gasteiger partial charge in [-0.25, -0.2) is 4.79 Å². The molecule has 2 heterocycles. The first kappa shape index (κ1) is 20.3. The van der Waals surface area contributed by atoms with Crippen LogP contribution in [0.15, 0.2) is 44.9 Å². The number of benzene rings is 1. The van der Waals surface area contributed by atoms with E-state index < -0.39 is 30.0 Å². The van der Waals surface area contributed by atoms with E-state index in [-0.39, 0.29) is 38.8 Å². The molecule has 0 bridgehead atoms. The maximum absolute atomic E-state index is 12.8. The smallest absolute Gasteiger partial charge is 0.340 e. The Hall–Kier alpha value is -2.48. The van der Waals surface area contributed by atoms with Crippen LogP contribution in [-0.2, 0) is 16.1 Å². The van der Waals surface area contributed by atoms with Gasteiger partial charge in [-0.05, 0) is 25.5 Å². The SMILES string of the molecule is CC(C)OC(=O)C1=C(N)Oc2c(oc(CO)cc2=O)[C@H]1c1cccc(Cl)c1Cl. The highest BCUT2D eigenvalue weighted by Gasteiger charge is 2.40. The highest BCUT2D eigenvalue weighted by molar-refractivity contribution is 6.42. The summed E-state index contributed by atoms with van der Waals surface area (Å²) in [5.41, 5.74) is 5.70. The Bertz CT molecular complexity index is 1030. The lowest BCUT2D eigenvalue weighted by Crippen LogP contribution is -2.31. The first-order chi connectivity index (χ1) is 13.2. The molecule has 2 aromatic rings. The summed E-state index contributed by atoms with van der Waals surface area (Å²) in [5, 5.41) is 9.81. The summed E-state index contributed by atoms with van der Waals surface area (Å²) in [6.45, 7) is 2.83. The van der Waals surface area contributed by atoms with Crippen molar-refractivity contribution >= 4 is 29.2 Å². The number of carbonyl (C=O) groups excluding carboxylic acids is 1. The largest absolute Gasteiger partial charge is 0.459 e. The molecule has 0 fully saturated rings. The van der Waals surface area contributed by atoms with Gasteiger partial charge in [0, 0.05) is 6.07 Å². The molecule has 0 radical (unpaired) electrons. The van der Waals surface area contributed by atoms with Gasteiger partial charge in [-0.3, -0.25) is 4.79 Å². The van der Waals surface area contributed by atoms with E-state index in [0.29, 0.717) is 5.56 Å². The maximum Gasteiger partial charge on any atom is 0.340 e. The summed E-state index contributed by atoms with van der Waals surface area (Å²) in [5.74, 6) is -2.30. The van der Waals surface area contributed by atoms with Crippen molar-refractivity contribution < 1.29 is 23.8 Å². The maximum atomic E-state index is 12.8. The van der Waals surface area contributed by atoms with Crippen LogP contribution in [0.2, 0.25) is 10.0 Å². The lowest BCUT2D eigenvalue weighted by molar-refractivity contribution is -0.143. The quantitative estimate of drug-likeness (QED) is 0.723. The number of rotatable bonds is 4. The Morgan fingerprint density at radius 2 is 2.07 bits per heavy atom. The van der Waals surface area contributed by atoms with Gasteiger partial charge in [0.05, 0.1) is 22.1 Å². The Morgan fingerprint density at radius 3 is 2.71 bits per heavy atom. The van der Waals surface area contributed by atoms with Gasteiger partial charge in [0.15, 0.2) is 5.76 Å². The van der Waals surface area contributed by atoms with Gasteiger partial charge in [0.1, 0.15) is 17.9 Å². The zero-order valence-electron chi connectivity index (χ0n) is 15.0. The van der Waals surface area contributed by atoms with Gasteiger partial charge in [0.2, 0.25) is 17.1 Å². The molecule has 0 saturated carbocycles. The molecule has 0 spiro atoms. The van der Waals surface area contributed by atoms with E-state index in [0.717, 1.165) is 6.07 Å².